The second-order valence-corrected chi connectivity index (χ2v) is 5.57. The van der Waals surface area contributed by atoms with E-state index in [1.807, 2.05) is 0 Å². The Kier molecular flexibility index (Phi) is 5.63. The van der Waals surface area contributed by atoms with Crippen LogP contribution < -0.4 is 5.32 Å². The van der Waals surface area contributed by atoms with E-state index in [1.54, 1.807) is 4.90 Å². The molecule has 1 heterocycles. The Hall–Kier alpha value is -0.920. The van der Waals surface area contributed by atoms with Crippen LogP contribution in [-0.2, 0) is 6.18 Å². The number of benzene rings is 1. The van der Waals surface area contributed by atoms with Crippen LogP contribution in [0.5, 0.6) is 0 Å². The molecule has 124 valence electrons. The van der Waals surface area contributed by atoms with Crippen LogP contribution in [0.3, 0.4) is 0 Å². The summed E-state index contributed by atoms with van der Waals surface area (Å²) in [7, 11) is 0. The predicted molar refractivity (Wildman–Crippen MR) is 74.3 cm³/mol. The van der Waals surface area contributed by atoms with E-state index in [1.165, 1.54) is 0 Å². The van der Waals surface area contributed by atoms with Gasteiger partial charge >= 0.3 is 6.18 Å². The van der Waals surface area contributed by atoms with E-state index in [-0.39, 0.29) is 10.6 Å². The first-order valence-electron chi connectivity index (χ1n) is 6.88. The van der Waals surface area contributed by atoms with Crippen molar-refractivity contribution in [2.75, 3.05) is 26.2 Å². The van der Waals surface area contributed by atoms with E-state index < -0.39 is 30.6 Å². The van der Waals surface area contributed by atoms with Gasteiger partial charge < -0.3 is 5.32 Å². The van der Waals surface area contributed by atoms with Crippen molar-refractivity contribution in [2.24, 2.45) is 0 Å². The van der Waals surface area contributed by atoms with Crippen LogP contribution in [0.2, 0.25) is 5.02 Å². The van der Waals surface area contributed by atoms with Crippen LogP contribution >= 0.6 is 11.6 Å². The average Bonchev–Trinajstić information content (AvgIpc) is 2.45. The third-order valence-electron chi connectivity index (χ3n) is 3.68. The molecule has 1 aromatic carbocycles. The summed E-state index contributed by atoms with van der Waals surface area (Å²) >= 11 is 5.99. The second kappa shape index (κ2) is 7.10. The van der Waals surface area contributed by atoms with E-state index in [2.05, 4.69) is 5.32 Å². The third-order valence-corrected chi connectivity index (χ3v) is 4.02. The van der Waals surface area contributed by atoms with E-state index in [9.17, 15) is 22.0 Å². The van der Waals surface area contributed by atoms with Crippen LogP contribution in [0.4, 0.5) is 22.0 Å². The number of hydrogen-bond acceptors (Lipinski definition) is 2. The fraction of sp³-hybridized carbons (Fsp3) is 0.571. The van der Waals surface area contributed by atoms with Gasteiger partial charge in [-0.25, -0.2) is 8.78 Å². The maximum absolute atomic E-state index is 12.9. The molecular formula is C14H16ClF5N2. The number of rotatable bonds is 4. The molecule has 0 saturated carbocycles. The number of alkyl halides is 5. The minimum atomic E-state index is -4.53. The maximum atomic E-state index is 12.9. The lowest BCUT2D eigenvalue weighted by Crippen LogP contribution is -2.45. The number of piperazine rings is 1. The molecule has 8 heteroatoms. The van der Waals surface area contributed by atoms with Crippen LogP contribution in [0.15, 0.2) is 18.2 Å². The smallest absolute Gasteiger partial charge is 0.314 e. The van der Waals surface area contributed by atoms with E-state index >= 15 is 0 Å². The lowest BCUT2D eigenvalue weighted by molar-refractivity contribution is -0.137. The molecule has 0 radical (unpaired) electrons. The van der Waals surface area contributed by atoms with Crippen molar-refractivity contribution in [3.8, 4) is 0 Å². The zero-order chi connectivity index (χ0) is 16.3. The van der Waals surface area contributed by atoms with Crippen molar-refractivity contribution < 1.29 is 22.0 Å². The van der Waals surface area contributed by atoms with E-state index in [0.717, 1.165) is 18.2 Å². The van der Waals surface area contributed by atoms with Gasteiger partial charge in [-0.1, -0.05) is 11.6 Å². The van der Waals surface area contributed by atoms with Crippen molar-refractivity contribution in [3.63, 3.8) is 0 Å². The number of hydrogen-bond donors (Lipinski definition) is 1. The summed E-state index contributed by atoms with van der Waals surface area (Å²) in [5, 5.41) is 3.16. The summed E-state index contributed by atoms with van der Waals surface area (Å²) in [6.07, 6.45) is -7.69. The lowest BCUT2D eigenvalue weighted by Gasteiger charge is -2.35. The van der Waals surface area contributed by atoms with Crippen molar-refractivity contribution in [1.82, 2.24) is 10.2 Å². The van der Waals surface area contributed by atoms with Gasteiger partial charge in [0.05, 0.1) is 5.56 Å². The van der Waals surface area contributed by atoms with Gasteiger partial charge in [-0.05, 0) is 23.8 Å². The highest BCUT2D eigenvalue weighted by atomic mass is 35.5. The highest BCUT2D eigenvalue weighted by Gasteiger charge is 2.33. The van der Waals surface area contributed by atoms with Gasteiger partial charge in [0.25, 0.3) is 0 Å². The number of nitrogens with one attached hydrogen (secondary N) is 1. The van der Waals surface area contributed by atoms with Gasteiger partial charge in [0.1, 0.15) is 0 Å². The summed E-state index contributed by atoms with van der Waals surface area (Å²) in [4.78, 5) is 1.75. The molecular weight excluding hydrogens is 327 g/mol. The molecule has 0 aliphatic carbocycles. The Bertz CT molecular complexity index is 500. The van der Waals surface area contributed by atoms with Crippen molar-refractivity contribution in [3.05, 3.63) is 34.3 Å². The summed E-state index contributed by atoms with van der Waals surface area (Å²) in [5.74, 6) is 0. The molecule has 0 amide bonds. The van der Waals surface area contributed by atoms with Gasteiger partial charge in [-0.2, -0.15) is 13.2 Å². The molecule has 1 fully saturated rings. The molecule has 0 unspecified atom stereocenters. The maximum Gasteiger partial charge on any atom is 0.416 e. The predicted octanol–water partition coefficient (Wildman–Crippen LogP) is 3.96. The van der Waals surface area contributed by atoms with E-state index in [4.69, 9.17) is 11.6 Å². The molecule has 22 heavy (non-hydrogen) atoms. The Morgan fingerprint density at radius 2 is 1.82 bits per heavy atom. The monoisotopic (exact) mass is 342 g/mol. The van der Waals surface area contributed by atoms with Crippen LogP contribution in [-0.4, -0.2) is 37.5 Å². The molecule has 0 spiro atoms. The quantitative estimate of drug-likeness (QED) is 0.833. The zero-order valence-corrected chi connectivity index (χ0v) is 12.4. The Morgan fingerprint density at radius 3 is 2.36 bits per heavy atom. The van der Waals surface area contributed by atoms with Gasteiger partial charge in [0.2, 0.25) is 6.43 Å². The first-order chi connectivity index (χ1) is 10.3. The highest BCUT2D eigenvalue weighted by Crippen LogP contribution is 2.37. The Morgan fingerprint density at radius 1 is 1.18 bits per heavy atom. The average molecular weight is 343 g/mol. The largest absolute Gasteiger partial charge is 0.416 e. The molecule has 1 aromatic rings. The topological polar surface area (TPSA) is 15.3 Å². The minimum absolute atomic E-state index is 0.0807. The highest BCUT2D eigenvalue weighted by molar-refractivity contribution is 6.31. The molecule has 2 nitrogen and oxygen atoms in total. The molecule has 1 atom stereocenters. The Balaban J connectivity index is 2.37. The number of nitrogens with zero attached hydrogens (tertiary/aromatic N) is 1. The van der Waals surface area contributed by atoms with Crippen LogP contribution in [0, 0.1) is 0 Å². The summed E-state index contributed by atoms with van der Waals surface area (Å²) in [5.41, 5.74) is -0.764. The summed E-state index contributed by atoms with van der Waals surface area (Å²) < 4.78 is 64.3. The van der Waals surface area contributed by atoms with Crippen molar-refractivity contribution in [2.45, 2.75) is 25.1 Å². The fourth-order valence-corrected chi connectivity index (χ4v) is 2.85. The molecule has 2 rings (SSSR count). The Labute approximate surface area is 130 Å². The first kappa shape index (κ1) is 17.4. The molecule has 1 saturated heterocycles. The summed E-state index contributed by atoms with van der Waals surface area (Å²) in [6.45, 7) is 2.19. The van der Waals surface area contributed by atoms with Gasteiger partial charge in [0.15, 0.2) is 0 Å². The van der Waals surface area contributed by atoms with Gasteiger partial charge in [-0.3, -0.25) is 4.90 Å². The fourth-order valence-electron chi connectivity index (χ4n) is 2.61. The zero-order valence-electron chi connectivity index (χ0n) is 11.6. The second-order valence-electron chi connectivity index (χ2n) is 5.16. The first-order valence-corrected chi connectivity index (χ1v) is 7.26. The van der Waals surface area contributed by atoms with E-state index in [0.29, 0.717) is 26.2 Å². The number of halogens is 6. The third kappa shape index (κ3) is 4.30. The van der Waals surface area contributed by atoms with Gasteiger partial charge in [-0.15, -0.1) is 0 Å². The molecule has 1 aliphatic heterocycles. The van der Waals surface area contributed by atoms with Crippen molar-refractivity contribution >= 4 is 11.6 Å². The summed E-state index contributed by atoms with van der Waals surface area (Å²) in [6, 6.07) is 2.05. The SMILES string of the molecule is FC(F)C[C@@H](c1cc(C(F)(F)F)ccc1Cl)N1CCNCC1. The molecule has 1 aliphatic rings. The molecule has 0 aromatic heterocycles. The van der Waals surface area contributed by atoms with Gasteiger partial charge in [0, 0.05) is 43.7 Å². The lowest BCUT2D eigenvalue weighted by atomic mass is 9.98. The van der Waals surface area contributed by atoms with Crippen molar-refractivity contribution in [1.29, 1.82) is 0 Å². The standard InChI is InChI=1S/C14H16ClF5N2/c15-11-2-1-9(14(18,19)20)7-10(11)12(8-13(16)17)22-5-3-21-4-6-22/h1-2,7,12-13,21H,3-6,8H2/t12-/m0/s1. The van der Waals surface area contributed by atoms with Crippen LogP contribution in [0.25, 0.3) is 0 Å². The minimum Gasteiger partial charge on any atom is -0.314 e. The molecule has 1 N–H and O–H groups in total. The normalized spacial score (nSPS) is 18.7. The van der Waals surface area contributed by atoms with Crippen LogP contribution in [0.1, 0.15) is 23.6 Å². The molecule has 0 bridgehead atoms.